The number of carbonyl (C=O) groups is 2. The lowest BCUT2D eigenvalue weighted by molar-refractivity contribution is -0.139. The van der Waals surface area contributed by atoms with Gasteiger partial charge in [-0.05, 0) is 49.2 Å². The van der Waals surface area contributed by atoms with E-state index in [1.54, 1.807) is 31.2 Å². The largest absolute Gasteiger partial charge is 0.354 e. The number of amides is 2. The smallest absolute Gasteiger partial charge is 0.244 e. The minimum atomic E-state index is -3.91. The first-order valence-electron chi connectivity index (χ1n) is 10.6. The van der Waals surface area contributed by atoms with Crippen molar-refractivity contribution in [2.24, 2.45) is 0 Å². The molecule has 0 heterocycles. The molecule has 0 aliphatic heterocycles. The number of nitrogens with zero attached hydrogens (tertiary/aromatic N) is 2. The first kappa shape index (κ1) is 26.6. The molecule has 0 aromatic heterocycles. The monoisotopic (exact) mass is 497 g/mol. The van der Waals surface area contributed by atoms with Gasteiger partial charge in [-0.25, -0.2) is 12.8 Å². The Morgan fingerprint density at radius 1 is 1.15 bits per heavy atom. The molecular weight excluding hydrogens is 469 g/mol. The Balaban J connectivity index is 2.34. The van der Waals surface area contributed by atoms with Crippen molar-refractivity contribution < 1.29 is 22.4 Å². The van der Waals surface area contributed by atoms with E-state index in [-0.39, 0.29) is 18.1 Å². The number of benzene rings is 2. The molecular formula is C23H29ClFN3O4S. The van der Waals surface area contributed by atoms with Crippen molar-refractivity contribution in [1.82, 2.24) is 10.2 Å². The fourth-order valence-electron chi connectivity index (χ4n) is 3.20. The van der Waals surface area contributed by atoms with Crippen LogP contribution in [-0.2, 0) is 26.2 Å². The van der Waals surface area contributed by atoms with Crippen LogP contribution < -0.4 is 9.62 Å². The zero-order valence-corrected chi connectivity index (χ0v) is 20.5. The highest BCUT2D eigenvalue weighted by Gasteiger charge is 2.30. The Labute approximate surface area is 199 Å². The number of carbonyl (C=O) groups excluding carboxylic acids is 2. The van der Waals surface area contributed by atoms with E-state index in [2.05, 4.69) is 5.32 Å². The molecule has 1 unspecified atom stereocenters. The molecule has 2 aromatic carbocycles. The second-order valence-electron chi connectivity index (χ2n) is 7.72. The standard InChI is InChI=1S/C23H29ClFN3O4S/c1-4-5-12-26-23(30)17(2)27(15-18-8-6-9-19(24)13-18)22(29)16-28(33(3,31)32)21-11-7-10-20(25)14-21/h6-11,13-14,17H,4-5,12,15-16H2,1-3H3,(H,26,30). The molecule has 0 saturated heterocycles. The van der Waals surface area contributed by atoms with Crippen LogP contribution in [0.5, 0.6) is 0 Å². The summed E-state index contributed by atoms with van der Waals surface area (Å²) in [6.07, 6.45) is 2.63. The van der Waals surface area contributed by atoms with Crippen molar-refractivity contribution >= 4 is 39.1 Å². The molecule has 1 atom stereocenters. The summed E-state index contributed by atoms with van der Waals surface area (Å²) in [6.45, 7) is 3.50. The fourth-order valence-corrected chi connectivity index (χ4v) is 4.25. The third-order valence-electron chi connectivity index (χ3n) is 5.01. The predicted molar refractivity (Wildman–Crippen MR) is 128 cm³/mol. The minimum absolute atomic E-state index is 0.0219. The zero-order chi connectivity index (χ0) is 24.6. The van der Waals surface area contributed by atoms with Crippen LogP contribution in [0.1, 0.15) is 32.3 Å². The van der Waals surface area contributed by atoms with Gasteiger partial charge in [0.1, 0.15) is 18.4 Å². The Morgan fingerprint density at radius 3 is 2.45 bits per heavy atom. The molecule has 0 bridgehead atoms. The van der Waals surface area contributed by atoms with Crippen LogP contribution in [-0.4, -0.2) is 50.5 Å². The van der Waals surface area contributed by atoms with Crippen molar-refractivity contribution in [3.05, 3.63) is 64.9 Å². The summed E-state index contributed by atoms with van der Waals surface area (Å²) in [4.78, 5) is 27.3. The van der Waals surface area contributed by atoms with E-state index in [1.807, 2.05) is 6.92 Å². The lowest BCUT2D eigenvalue weighted by Crippen LogP contribution is -2.51. The lowest BCUT2D eigenvalue weighted by Gasteiger charge is -2.31. The van der Waals surface area contributed by atoms with E-state index in [4.69, 9.17) is 11.6 Å². The number of hydrogen-bond donors (Lipinski definition) is 1. The van der Waals surface area contributed by atoms with Gasteiger partial charge in [-0.3, -0.25) is 13.9 Å². The first-order chi connectivity index (χ1) is 15.5. The maximum atomic E-state index is 13.7. The van der Waals surface area contributed by atoms with Gasteiger partial charge in [0.2, 0.25) is 21.8 Å². The van der Waals surface area contributed by atoms with E-state index in [0.29, 0.717) is 17.1 Å². The highest BCUT2D eigenvalue weighted by Crippen LogP contribution is 2.20. The Kier molecular flexibility index (Phi) is 9.67. The maximum absolute atomic E-state index is 13.7. The van der Waals surface area contributed by atoms with E-state index >= 15 is 0 Å². The van der Waals surface area contributed by atoms with E-state index in [0.717, 1.165) is 29.5 Å². The number of unbranched alkanes of at least 4 members (excludes halogenated alkanes) is 1. The molecule has 10 heteroatoms. The molecule has 33 heavy (non-hydrogen) atoms. The Bertz CT molecular complexity index is 1080. The molecule has 0 saturated carbocycles. The highest BCUT2D eigenvalue weighted by atomic mass is 35.5. The summed E-state index contributed by atoms with van der Waals surface area (Å²) in [7, 11) is -3.91. The average Bonchev–Trinajstić information content (AvgIpc) is 2.74. The Hall–Kier alpha value is -2.65. The molecule has 0 aliphatic rings. The van der Waals surface area contributed by atoms with Gasteiger partial charge in [-0.2, -0.15) is 0 Å². The van der Waals surface area contributed by atoms with Gasteiger partial charge in [0, 0.05) is 18.1 Å². The minimum Gasteiger partial charge on any atom is -0.354 e. The molecule has 180 valence electrons. The number of sulfonamides is 1. The Morgan fingerprint density at radius 2 is 1.85 bits per heavy atom. The van der Waals surface area contributed by atoms with Crippen LogP contribution >= 0.6 is 11.6 Å². The topological polar surface area (TPSA) is 86.8 Å². The van der Waals surface area contributed by atoms with Crippen LogP contribution in [0.2, 0.25) is 5.02 Å². The predicted octanol–water partition coefficient (Wildman–Crippen LogP) is 3.58. The van der Waals surface area contributed by atoms with Gasteiger partial charge in [-0.15, -0.1) is 0 Å². The number of anilines is 1. The first-order valence-corrected chi connectivity index (χ1v) is 12.8. The fraction of sp³-hybridized carbons (Fsp3) is 0.391. The van der Waals surface area contributed by atoms with Crippen molar-refractivity contribution in [2.75, 3.05) is 23.7 Å². The molecule has 0 aliphatic carbocycles. The van der Waals surface area contributed by atoms with Crippen molar-refractivity contribution in [2.45, 2.75) is 39.3 Å². The van der Waals surface area contributed by atoms with E-state index in [1.165, 1.54) is 23.1 Å². The second kappa shape index (κ2) is 12.0. The van der Waals surface area contributed by atoms with Gasteiger partial charge in [0.05, 0.1) is 11.9 Å². The summed E-state index contributed by atoms with van der Waals surface area (Å²) in [5, 5.41) is 3.27. The van der Waals surface area contributed by atoms with Crippen LogP contribution in [0, 0.1) is 5.82 Å². The van der Waals surface area contributed by atoms with Crippen LogP contribution in [0.4, 0.5) is 10.1 Å². The summed E-state index contributed by atoms with van der Waals surface area (Å²) in [5.41, 5.74) is 0.703. The van der Waals surface area contributed by atoms with Crippen molar-refractivity contribution in [1.29, 1.82) is 0 Å². The van der Waals surface area contributed by atoms with Gasteiger partial charge < -0.3 is 10.2 Å². The number of halogens is 2. The van der Waals surface area contributed by atoms with Gasteiger partial charge in [0.15, 0.2) is 0 Å². The quantitative estimate of drug-likeness (QED) is 0.481. The molecule has 0 spiro atoms. The highest BCUT2D eigenvalue weighted by molar-refractivity contribution is 7.92. The van der Waals surface area contributed by atoms with Crippen LogP contribution in [0.25, 0.3) is 0 Å². The van der Waals surface area contributed by atoms with Crippen molar-refractivity contribution in [3.8, 4) is 0 Å². The SMILES string of the molecule is CCCCNC(=O)C(C)N(Cc1cccc(Cl)c1)C(=O)CN(c1cccc(F)c1)S(C)(=O)=O. The molecule has 7 nitrogen and oxygen atoms in total. The van der Waals surface area contributed by atoms with Crippen molar-refractivity contribution in [3.63, 3.8) is 0 Å². The second-order valence-corrected chi connectivity index (χ2v) is 10.1. The van der Waals surface area contributed by atoms with Crippen LogP contribution in [0.3, 0.4) is 0 Å². The average molecular weight is 498 g/mol. The van der Waals surface area contributed by atoms with Crippen LogP contribution in [0.15, 0.2) is 48.5 Å². The van der Waals surface area contributed by atoms with E-state index < -0.39 is 34.3 Å². The lowest BCUT2D eigenvalue weighted by atomic mass is 10.1. The molecule has 1 N–H and O–H groups in total. The number of nitrogens with one attached hydrogen (secondary N) is 1. The molecule has 2 aromatic rings. The maximum Gasteiger partial charge on any atom is 0.244 e. The summed E-state index contributed by atoms with van der Waals surface area (Å²) in [6, 6.07) is 11.0. The summed E-state index contributed by atoms with van der Waals surface area (Å²) < 4.78 is 39.4. The normalized spacial score (nSPS) is 12.2. The molecule has 0 fully saturated rings. The van der Waals surface area contributed by atoms with Gasteiger partial charge >= 0.3 is 0 Å². The number of hydrogen-bond acceptors (Lipinski definition) is 4. The van der Waals surface area contributed by atoms with Gasteiger partial charge in [-0.1, -0.05) is 43.1 Å². The summed E-state index contributed by atoms with van der Waals surface area (Å²) in [5.74, 6) is -1.59. The third kappa shape index (κ3) is 8.01. The summed E-state index contributed by atoms with van der Waals surface area (Å²) >= 11 is 6.07. The zero-order valence-electron chi connectivity index (χ0n) is 18.9. The van der Waals surface area contributed by atoms with E-state index in [9.17, 15) is 22.4 Å². The third-order valence-corrected chi connectivity index (χ3v) is 6.39. The van der Waals surface area contributed by atoms with Gasteiger partial charge in [0.25, 0.3) is 0 Å². The molecule has 0 radical (unpaired) electrons. The number of rotatable bonds is 11. The molecule has 2 amide bonds. The molecule has 2 rings (SSSR count).